The number of hydrogen-bond donors (Lipinski definition) is 2. The first-order chi connectivity index (χ1) is 15.1. The second-order valence-electron chi connectivity index (χ2n) is 8.16. The fraction of sp³-hybridized carbons (Fsp3) is 0.480. The maximum atomic E-state index is 9.65. The first kappa shape index (κ1) is 26.4. The molecular formula is C25H37IN4O2. The molecule has 0 aromatic heterocycles. The van der Waals surface area contributed by atoms with Crippen molar-refractivity contribution in [1.82, 2.24) is 15.1 Å². The molecule has 0 atom stereocenters. The molecule has 3 rings (SSSR count). The van der Waals surface area contributed by atoms with Gasteiger partial charge in [0.05, 0.1) is 12.7 Å². The standard InChI is InChI=1S/C25H36N4O2.HI/c1-4-31-24-11-9-21(10-12-24)18-28(3)25(26-2)27-17-20-5-7-22(8-6-20)19-29-15-13-23(30)14-16-29;/h5-12,23,30H,4,13-19H2,1-3H3,(H,26,27);1H. The highest BCUT2D eigenvalue weighted by molar-refractivity contribution is 14.0. The van der Waals surface area contributed by atoms with Crippen LogP contribution in [0.5, 0.6) is 5.75 Å². The van der Waals surface area contributed by atoms with Crippen LogP contribution in [0.2, 0.25) is 0 Å². The molecule has 0 spiro atoms. The van der Waals surface area contributed by atoms with E-state index in [0.717, 1.165) is 57.3 Å². The van der Waals surface area contributed by atoms with E-state index in [1.807, 2.05) is 33.2 Å². The van der Waals surface area contributed by atoms with Gasteiger partial charge >= 0.3 is 0 Å². The molecular weight excluding hydrogens is 515 g/mol. The zero-order chi connectivity index (χ0) is 22.1. The van der Waals surface area contributed by atoms with Crippen LogP contribution in [0.1, 0.15) is 36.5 Å². The molecule has 176 valence electrons. The summed E-state index contributed by atoms with van der Waals surface area (Å²) in [5.41, 5.74) is 3.76. The van der Waals surface area contributed by atoms with Crippen molar-refractivity contribution in [1.29, 1.82) is 0 Å². The number of nitrogens with zero attached hydrogens (tertiary/aromatic N) is 3. The van der Waals surface area contributed by atoms with Gasteiger partial charge in [-0.2, -0.15) is 0 Å². The summed E-state index contributed by atoms with van der Waals surface area (Å²) in [6, 6.07) is 17.0. The van der Waals surface area contributed by atoms with Crippen molar-refractivity contribution in [3.05, 3.63) is 65.2 Å². The Bertz CT molecular complexity index is 819. The molecule has 2 N–H and O–H groups in total. The van der Waals surface area contributed by atoms with E-state index in [9.17, 15) is 5.11 Å². The SMILES string of the molecule is CCOc1ccc(CN(C)C(=NC)NCc2ccc(CN3CCC(O)CC3)cc2)cc1.I. The topological polar surface area (TPSA) is 60.3 Å². The monoisotopic (exact) mass is 552 g/mol. The van der Waals surface area contributed by atoms with Gasteiger partial charge in [-0.15, -0.1) is 24.0 Å². The first-order valence-corrected chi connectivity index (χ1v) is 11.2. The molecule has 0 bridgehead atoms. The van der Waals surface area contributed by atoms with Crippen LogP contribution in [0.4, 0.5) is 0 Å². The molecule has 1 saturated heterocycles. The number of aliphatic imine (C=N–C) groups is 1. The summed E-state index contributed by atoms with van der Waals surface area (Å²) in [5.74, 6) is 1.77. The zero-order valence-corrected chi connectivity index (χ0v) is 21.8. The van der Waals surface area contributed by atoms with Crippen LogP contribution in [0.3, 0.4) is 0 Å². The fourth-order valence-corrected chi connectivity index (χ4v) is 3.87. The van der Waals surface area contributed by atoms with Crippen LogP contribution in [-0.2, 0) is 19.6 Å². The van der Waals surface area contributed by atoms with E-state index in [4.69, 9.17) is 4.74 Å². The lowest BCUT2D eigenvalue weighted by Gasteiger charge is -2.29. The van der Waals surface area contributed by atoms with Gasteiger partial charge in [0.1, 0.15) is 5.75 Å². The normalized spacial score (nSPS) is 15.2. The number of rotatable bonds is 8. The summed E-state index contributed by atoms with van der Waals surface area (Å²) >= 11 is 0. The molecule has 0 unspecified atom stereocenters. The highest BCUT2D eigenvalue weighted by Crippen LogP contribution is 2.15. The minimum atomic E-state index is -0.119. The first-order valence-electron chi connectivity index (χ1n) is 11.2. The van der Waals surface area contributed by atoms with Gasteiger partial charge in [0, 0.05) is 46.8 Å². The Labute approximate surface area is 209 Å². The molecule has 1 fully saturated rings. The molecule has 2 aromatic carbocycles. The molecule has 1 aliphatic heterocycles. The van der Waals surface area contributed by atoms with Crippen molar-refractivity contribution in [3.8, 4) is 5.75 Å². The van der Waals surface area contributed by atoms with Gasteiger partial charge < -0.3 is 20.1 Å². The maximum Gasteiger partial charge on any atom is 0.193 e. The Hall–Kier alpha value is -1.84. The van der Waals surface area contributed by atoms with Crippen molar-refractivity contribution < 1.29 is 9.84 Å². The average molecular weight is 553 g/mol. The second kappa shape index (κ2) is 13.6. The Balaban J connectivity index is 0.00000363. The predicted molar refractivity (Wildman–Crippen MR) is 142 cm³/mol. The van der Waals surface area contributed by atoms with Crippen molar-refractivity contribution >= 4 is 29.9 Å². The molecule has 7 heteroatoms. The van der Waals surface area contributed by atoms with Gasteiger partial charge in [-0.25, -0.2) is 0 Å². The summed E-state index contributed by atoms with van der Waals surface area (Å²) in [6.45, 7) is 7.08. The lowest BCUT2D eigenvalue weighted by atomic mass is 10.1. The van der Waals surface area contributed by atoms with Crippen LogP contribution in [-0.4, -0.2) is 60.8 Å². The van der Waals surface area contributed by atoms with E-state index in [2.05, 4.69) is 56.5 Å². The summed E-state index contributed by atoms with van der Waals surface area (Å²) in [5, 5.41) is 13.1. The van der Waals surface area contributed by atoms with Gasteiger partial charge in [-0.1, -0.05) is 36.4 Å². The van der Waals surface area contributed by atoms with Crippen LogP contribution >= 0.6 is 24.0 Å². The fourth-order valence-electron chi connectivity index (χ4n) is 3.87. The Kier molecular flexibility index (Phi) is 11.3. The van der Waals surface area contributed by atoms with E-state index in [1.165, 1.54) is 16.7 Å². The third kappa shape index (κ3) is 8.26. The number of aliphatic hydroxyl groups is 1. The highest BCUT2D eigenvalue weighted by Gasteiger charge is 2.16. The number of halogens is 1. The number of ether oxygens (including phenoxy) is 1. The largest absolute Gasteiger partial charge is 0.494 e. The van der Waals surface area contributed by atoms with E-state index in [1.54, 1.807) is 0 Å². The van der Waals surface area contributed by atoms with Crippen molar-refractivity contribution in [2.24, 2.45) is 4.99 Å². The zero-order valence-electron chi connectivity index (χ0n) is 19.5. The lowest BCUT2D eigenvalue weighted by Crippen LogP contribution is -2.38. The lowest BCUT2D eigenvalue weighted by molar-refractivity contribution is 0.0792. The number of guanidine groups is 1. The van der Waals surface area contributed by atoms with Crippen molar-refractivity contribution in [3.63, 3.8) is 0 Å². The van der Waals surface area contributed by atoms with Gasteiger partial charge in [-0.05, 0) is 48.6 Å². The maximum absolute atomic E-state index is 9.65. The van der Waals surface area contributed by atoms with Crippen molar-refractivity contribution in [2.45, 2.75) is 45.5 Å². The van der Waals surface area contributed by atoms with E-state index in [0.29, 0.717) is 6.61 Å². The number of benzene rings is 2. The van der Waals surface area contributed by atoms with E-state index < -0.39 is 0 Å². The Morgan fingerprint density at radius 3 is 2.25 bits per heavy atom. The second-order valence-corrected chi connectivity index (χ2v) is 8.16. The van der Waals surface area contributed by atoms with Crippen molar-refractivity contribution in [2.75, 3.05) is 33.8 Å². The van der Waals surface area contributed by atoms with Crippen LogP contribution in [0.25, 0.3) is 0 Å². The summed E-state index contributed by atoms with van der Waals surface area (Å²) in [6.07, 6.45) is 1.64. The van der Waals surface area contributed by atoms with Gasteiger partial charge in [0.15, 0.2) is 5.96 Å². The number of nitrogens with one attached hydrogen (secondary N) is 1. The number of likely N-dealkylation sites (tertiary alicyclic amines) is 1. The molecule has 32 heavy (non-hydrogen) atoms. The molecule has 2 aromatic rings. The van der Waals surface area contributed by atoms with E-state index >= 15 is 0 Å². The summed E-state index contributed by atoms with van der Waals surface area (Å²) in [7, 11) is 3.86. The van der Waals surface area contributed by atoms with Crippen LogP contribution < -0.4 is 10.1 Å². The van der Waals surface area contributed by atoms with Gasteiger partial charge in [0.25, 0.3) is 0 Å². The number of aliphatic hydroxyl groups excluding tert-OH is 1. The third-order valence-electron chi connectivity index (χ3n) is 5.66. The quantitative estimate of drug-likeness (QED) is 0.296. The van der Waals surface area contributed by atoms with Gasteiger partial charge in [-0.3, -0.25) is 9.89 Å². The molecule has 6 nitrogen and oxygen atoms in total. The number of hydrogen-bond acceptors (Lipinski definition) is 4. The molecule has 0 saturated carbocycles. The minimum absolute atomic E-state index is 0. The molecule has 1 aliphatic rings. The minimum Gasteiger partial charge on any atom is -0.494 e. The summed E-state index contributed by atoms with van der Waals surface area (Å²) in [4.78, 5) is 8.96. The Morgan fingerprint density at radius 2 is 1.66 bits per heavy atom. The Morgan fingerprint density at radius 1 is 1.06 bits per heavy atom. The summed E-state index contributed by atoms with van der Waals surface area (Å²) < 4.78 is 5.51. The third-order valence-corrected chi connectivity index (χ3v) is 5.66. The molecule has 0 amide bonds. The van der Waals surface area contributed by atoms with Crippen LogP contribution in [0, 0.1) is 0 Å². The molecule has 0 radical (unpaired) electrons. The number of piperidine rings is 1. The van der Waals surface area contributed by atoms with E-state index in [-0.39, 0.29) is 30.1 Å². The van der Waals surface area contributed by atoms with Crippen LogP contribution in [0.15, 0.2) is 53.5 Å². The highest BCUT2D eigenvalue weighted by atomic mass is 127. The molecule has 0 aliphatic carbocycles. The smallest absolute Gasteiger partial charge is 0.193 e. The molecule has 1 heterocycles. The van der Waals surface area contributed by atoms with Gasteiger partial charge in [0.2, 0.25) is 0 Å². The predicted octanol–water partition coefficient (Wildman–Crippen LogP) is 3.87. The average Bonchev–Trinajstić information content (AvgIpc) is 2.78.